The minimum Gasteiger partial charge on any atom is -0.496 e. The van der Waals surface area contributed by atoms with Crippen molar-refractivity contribution in [3.05, 3.63) is 117 Å². The van der Waals surface area contributed by atoms with E-state index in [2.05, 4.69) is 39.0 Å². The largest absolute Gasteiger partial charge is 0.496 e. The molecule has 2 bridgehead atoms. The second-order valence-electron chi connectivity index (χ2n) is 25.9. The number of nitrogens with zero attached hydrogens (tertiary/aromatic N) is 1. The lowest BCUT2D eigenvalue weighted by Gasteiger charge is -2.42. The fourth-order valence-electron chi connectivity index (χ4n) is 12.7. The van der Waals surface area contributed by atoms with Crippen LogP contribution in [0.1, 0.15) is 169 Å². The highest BCUT2D eigenvalue weighted by atomic mass is 16.6. The Morgan fingerprint density at radius 2 is 1.54 bits per heavy atom. The molecule has 1 aromatic carbocycles. The first-order valence-electron chi connectivity index (χ1n) is 32.7. The van der Waals surface area contributed by atoms with E-state index in [1.165, 1.54) is 40.3 Å². The number of allylic oxidation sites excluding steroid dienone is 12. The van der Waals surface area contributed by atoms with E-state index < -0.39 is 83.9 Å². The maximum absolute atomic E-state index is 14.4. The van der Waals surface area contributed by atoms with Crippen molar-refractivity contribution in [2.75, 3.05) is 41.6 Å². The van der Waals surface area contributed by atoms with Crippen LogP contribution in [0.3, 0.4) is 0 Å². The van der Waals surface area contributed by atoms with E-state index >= 15 is 0 Å². The molecular weight excluding hydrogens is 1160 g/mol. The molecule has 5 rings (SSSR count). The van der Waals surface area contributed by atoms with Gasteiger partial charge in [0.05, 0.1) is 38.1 Å². The number of rotatable bonds is 13. The minimum atomic E-state index is -2.43. The molecule has 17 heteroatoms. The normalized spacial score (nSPS) is 32.5. The van der Waals surface area contributed by atoms with E-state index in [0.717, 1.165) is 28.9 Å². The first kappa shape index (κ1) is 77.5. The van der Waals surface area contributed by atoms with E-state index in [4.69, 9.17) is 33.2 Å². The average Bonchev–Trinajstić information content (AvgIpc) is 0.807. The van der Waals surface area contributed by atoms with Gasteiger partial charge in [-0.3, -0.25) is 19.2 Å². The number of aryl methyl sites for hydroxylation is 1. The van der Waals surface area contributed by atoms with Crippen molar-refractivity contribution in [2.45, 2.75) is 222 Å². The van der Waals surface area contributed by atoms with Gasteiger partial charge in [-0.15, -0.1) is 0 Å². The van der Waals surface area contributed by atoms with Crippen LogP contribution in [-0.2, 0) is 57.2 Å². The van der Waals surface area contributed by atoms with Crippen molar-refractivity contribution in [3.8, 4) is 5.75 Å². The third kappa shape index (κ3) is 22.7. The molecule has 1 aromatic rings. The molecule has 4 aliphatic rings. The van der Waals surface area contributed by atoms with Gasteiger partial charge in [0, 0.05) is 64.5 Å². The monoisotopic (exact) mass is 1270 g/mol. The number of carbonyl (C=O) groups excluding carboxylic acids is 6. The number of methoxy groups -OCH3 is 4. The number of ether oxygens (including phenoxy) is 7. The molecule has 0 unspecified atom stereocenters. The Morgan fingerprint density at radius 1 is 0.824 bits per heavy atom. The van der Waals surface area contributed by atoms with Gasteiger partial charge in [0.2, 0.25) is 5.79 Å². The lowest BCUT2D eigenvalue weighted by Crippen LogP contribution is -2.61. The van der Waals surface area contributed by atoms with E-state index in [-0.39, 0.29) is 60.8 Å². The summed E-state index contributed by atoms with van der Waals surface area (Å²) >= 11 is 0. The van der Waals surface area contributed by atoms with Gasteiger partial charge in [-0.1, -0.05) is 107 Å². The Labute approximate surface area is 543 Å². The number of cyclic esters (lactones) is 1. The number of aliphatic hydroxyl groups is 3. The number of carbonyl (C=O) groups is 6. The summed E-state index contributed by atoms with van der Waals surface area (Å²) in [7, 11) is 6.22. The molecule has 1 aliphatic carbocycles. The second-order valence-corrected chi connectivity index (χ2v) is 25.9. The first-order valence-corrected chi connectivity index (χ1v) is 32.7. The average molecular weight is 1270 g/mol. The molecule has 17 nitrogen and oxygen atoms in total. The second kappa shape index (κ2) is 37.7. The Kier molecular flexibility index (Phi) is 32.1. The number of Topliss-reactive ketones (excluding diaryl/α,β-unsaturated/α-hetero) is 3. The minimum absolute atomic E-state index is 0.0193. The molecule has 0 radical (unpaired) electrons. The van der Waals surface area contributed by atoms with Crippen LogP contribution in [-0.4, -0.2) is 152 Å². The van der Waals surface area contributed by atoms with Crippen molar-refractivity contribution in [3.63, 3.8) is 0 Å². The van der Waals surface area contributed by atoms with Crippen LogP contribution in [0.5, 0.6) is 5.75 Å². The fraction of sp³-hybridized carbons (Fsp3) is 0.622. The number of hydrogen-bond acceptors (Lipinski definition) is 16. The molecule has 1 saturated carbocycles. The summed E-state index contributed by atoms with van der Waals surface area (Å²) in [6, 6.07) is 0.934. The first-order chi connectivity index (χ1) is 43.0. The molecule has 3 fully saturated rings. The van der Waals surface area contributed by atoms with E-state index in [0.29, 0.717) is 70.0 Å². The summed E-state index contributed by atoms with van der Waals surface area (Å²) in [4.78, 5) is 83.2. The van der Waals surface area contributed by atoms with Crippen LogP contribution in [0.4, 0.5) is 0 Å². The number of hydrogen-bond donors (Lipinski definition) is 3. The predicted octanol–water partition coefficient (Wildman–Crippen LogP) is 11.8. The lowest BCUT2D eigenvalue weighted by atomic mass is 9.78. The number of fused-ring (bicyclic) bond motifs is 3. The van der Waals surface area contributed by atoms with Crippen molar-refractivity contribution in [1.82, 2.24) is 4.90 Å². The molecule has 0 aromatic heterocycles. The zero-order valence-corrected chi connectivity index (χ0v) is 57.6. The third-order valence-corrected chi connectivity index (χ3v) is 18.7. The van der Waals surface area contributed by atoms with Crippen molar-refractivity contribution < 1.29 is 77.2 Å². The van der Waals surface area contributed by atoms with Gasteiger partial charge in [0.1, 0.15) is 35.9 Å². The molecule has 3 heterocycles. The van der Waals surface area contributed by atoms with Crippen LogP contribution in [0, 0.1) is 56.3 Å². The van der Waals surface area contributed by atoms with Gasteiger partial charge in [0.15, 0.2) is 5.78 Å². The Hall–Kier alpha value is -5.92. The van der Waals surface area contributed by atoms with E-state index in [1.807, 2.05) is 90.2 Å². The van der Waals surface area contributed by atoms with Crippen LogP contribution >= 0.6 is 0 Å². The standard InChI is InChI=1S/C51H79NO13.C23H30O3/c1-30-16-12-11-13-17-31(2)42(61-8)28-38-21-19-36(7)51(60,65-38)48(57)49(58)52-23-15-14-18-39(52)50(59)64-43(33(4)26-37-20-22-40(53)44(27-37)62-9)29-41(54)32(3)25-35(6)46(56)47(63-10)45(55)34(5)24-30;1-8-26-23(24)14-17(3)11-9-10-16(2)12-13-21-18(4)15-22(25-7)20(6)19(21)5/h11-13,16-17,25,30,32-34,36-40,42-44,46-47,53,56,60H,14-15,18-24,26-29H2,1-10H3;9-15H,8H2,1-7H3/b13-11+,16-12+,31-17+,35-25+;11-9+,13-12+,16-10+,17-14+/t30-,32-,33-,34-,36-,37+,38+,39+,40-,42+,43+,44-,46-,47+,51-;/m1./s1. The molecule has 15 atom stereocenters. The number of ketones is 3. The Balaban J connectivity index is 0.000000567. The predicted molar refractivity (Wildman–Crippen MR) is 355 cm³/mol. The summed E-state index contributed by atoms with van der Waals surface area (Å²) in [6.45, 7) is 25.1. The summed E-state index contributed by atoms with van der Waals surface area (Å²) < 4.78 is 39.7. The zero-order chi connectivity index (χ0) is 67.9. The van der Waals surface area contributed by atoms with Crippen LogP contribution < -0.4 is 4.74 Å². The molecule has 506 valence electrons. The highest BCUT2D eigenvalue weighted by molar-refractivity contribution is 6.39. The molecule has 3 N–H and O–H groups in total. The summed E-state index contributed by atoms with van der Waals surface area (Å²) in [5, 5.41) is 33.8. The molecule has 91 heavy (non-hydrogen) atoms. The maximum Gasteiger partial charge on any atom is 0.330 e. The third-order valence-electron chi connectivity index (χ3n) is 18.7. The summed E-state index contributed by atoms with van der Waals surface area (Å²) in [5.74, 6) is -7.34. The van der Waals surface area contributed by atoms with Gasteiger partial charge < -0.3 is 53.4 Å². The van der Waals surface area contributed by atoms with Gasteiger partial charge in [-0.05, 0) is 182 Å². The highest BCUT2D eigenvalue weighted by Gasteiger charge is 2.53. The topological polar surface area (TPSA) is 231 Å². The van der Waals surface area contributed by atoms with Crippen LogP contribution in [0.25, 0.3) is 6.08 Å². The van der Waals surface area contributed by atoms with E-state index in [1.54, 1.807) is 55.1 Å². The molecular formula is C74H109NO16. The molecule has 3 aliphatic heterocycles. The number of benzene rings is 1. The molecule has 1 amide bonds. The number of piperidine rings is 1. The Bertz CT molecular complexity index is 2870. The van der Waals surface area contributed by atoms with Gasteiger partial charge in [0.25, 0.3) is 11.7 Å². The van der Waals surface area contributed by atoms with Crippen molar-refractivity contribution in [2.24, 2.45) is 35.5 Å². The highest BCUT2D eigenvalue weighted by Crippen LogP contribution is 2.38. The maximum atomic E-state index is 14.4. The zero-order valence-electron chi connectivity index (χ0n) is 57.6. The fourth-order valence-corrected chi connectivity index (χ4v) is 12.7. The van der Waals surface area contributed by atoms with Crippen molar-refractivity contribution >= 4 is 41.3 Å². The smallest absolute Gasteiger partial charge is 0.330 e. The summed E-state index contributed by atoms with van der Waals surface area (Å²) in [5.41, 5.74) is 8.05. The molecule has 2 saturated heterocycles. The van der Waals surface area contributed by atoms with Gasteiger partial charge in [-0.2, -0.15) is 0 Å². The SMILES string of the molecule is CCOC(=O)/C=C(C)/C=C/C=C(C)/C=C/c1c(C)cc(OC)c(C)c1C.CO[C@H]1C[C@@H]2CC[C@@H](C)[C@@](O)(O2)C(=O)C(=O)N2CCCC[C@H]2C(=O)O[C@H]([C@H](C)C[C@@H]2CC[C@@H](O)[C@H](OC)C2)CC(=O)[C@H](C)/C=C(\C)[C@@H](O)[C@@H](OC)C(=O)[C@H](C)C[C@H](C)/C=C/C=C/C=C/1C. The number of esters is 2. The Morgan fingerprint density at radius 3 is 2.20 bits per heavy atom. The van der Waals surface area contributed by atoms with Crippen LogP contribution in [0.15, 0.2) is 95.2 Å². The summed E-state index contributed by atoms with van der Waals surface area (Å²) in [6.07, 6.45) is 22.7. The van der Waals surface area contributed by atoms with E-state index in [9.17, 15) is 44.1 Å². The number of aliphatic hydroxyl groups excluding tert-OH is 2. The van der Waals surface area contributed by atoms with Crippen LogP contribution in [0.2, 0.25) is 0 Å². The molecule has 0 spiro atoms. The number of amides is 1. The van der Waals surface area contributed by atoms with Gasteiger partial charge >= 0.3 is 11.9 Å². The van der Waals surface area contributed by atoms with Crippen molar-refractivity contribution in [1.29, 1.82) is 0 Å². The lowest BCUT2D eigenvalue weighted by molar-refractivity contribution is -0.265. The van der Waals surface area contributed by atoms with Gasteiger partial charge in [-0.25, -0.2) is 9.59 Å². The quantitative estimate of drug-likeness (QED) is 0.0548.